The fourth-order valence-corrected chi connectivity index (χ4v) is 2.02. The van der Waals surface area contributed by atoms with Gasteiger partial charge in [-0.2, -0.15) is 0 Å². The maximum absolute atomic E-state index is 13.4. The smallest absolute Gasteiger partial charge is 0.248 e. The molecule has 0 bridgehead atoms. The molecule has 0 spiro atoms. The van der Waals surface area contributed by atoms with Crippen molar-refractivity contribution >= 4 is 28.6 Å². The van der Waals surface area contributed by atoms with Crippen LogP contribution in [0, 0.1) is 11.6 Å². The summed E-state index contributed by atoms with van der Waals surface area (Å²) in [5, 5.41) is 3.07. The molecule has 0 aliphatic rings. The van der Waals surface area contributed by atoms with E-state index in [0.717, 1.165) is 23.6 Å². The highest BCUT2D eigenvalue weighted by Gasteiger charge is 2.10. The molecule has 0 fully saturated rings. The van der Waals surface area contributed by atoms with E-state index >= 15 is 0 Å². The second-order valence-corrected chi connectivity index (χ2v) is 4.61. The summed E-state index contributed by atoms with van der Waals surface area (Å²) in [4.78, 5) is 11.7. The normalized spacial score (nSPS) is 11.2. The van der Waals surface area contributed by atoms with Gasteiger partial charge in [0.2, 0.25) is 5.91 Å². The topological polar surface area (TPSA) is 42.2 Å². The zero-order valence-electron chi connectivity index (χ0n) is 11.3. The SMILES string of the molecule is O=C(/C=C/c1cc2ccccc2o1)Nc1c(F)cccc1F. The summed E-state index contributed by atoms with van der Waals surface area (Å²) < 4.78 is 32.3. The van der Waals surface area contributed by atoms with E-state index in [-0.39, 0.29) is 0 Å². The number of para-hydroxylation sites is 2. The van der Waals surface area contributed by atoms with Gasteiger partial charge in [0.1, 0.15) is 28.7 Å². The monoisotopic (exact) mass is 299 g/mol. The molecule has 1 amide bonds. The molecule has 0 aliphatic carbocycles. The number of rotatable bonds is 3. The Bertz CT molecular complexity index is 815. The molecule has 3 nitrogen and oxygen atoms in total. The van der Waals surface area contributed by atoms with Crippen LogP contribution < -0.4 is 5.32 Å². The zero-order chi connectivity index (χ0) is 15.5. The molecule has 0 radical (unpaired) electrons. The van der Waals surface area contributed by atoms with Crippen molar-refractivity contribution < 1.29 is 18.0 Å². The third-order valence-corrected chi connectivity index (χ3v) is 3.05. The van der Waals surface area contributed by atoms with Gasteiger partial charge < -0.3 is 9.73 Å². The van der Waals surface area contributed by atoms with Gasteiger partial charge in [-0.15, -0.1) is 0 Å². The van der Waals surface area contributed by atoms with Gasteiger partial charge in [0.15, 0.2) is 0 Å². The number of halogens is 2. The highest BCUT2D eigenvalue weighted by Crippen LogP contribution is 2.20. The van der Waals surface area contributed by atoms with Crippen LogP contribution in [-0.2, 0) is 4.79 Å². The molecule has 110 valence electrons. The number of amides is 1. The van der Waals surface area contributed by atoms with Crippen molar-refractivity contribution in [1.82, 2.24) is 0 Å². The van der Waals surface area contributed by atoms with Crippen molar-refractivity contribution in [1.29, 1.82) is 0 Å². The van der Waals surface area contributed by atoms with Crippen LogP contribution in [0.15, 0.2) is 59.0 Å². The minimum absolute atomic E-state index is 0.471. The summed E-state index contributed by atoms with van der Waals surface area (Å²) in [7, 11) is 0. The highest BCUT2D eigenvalue weighted by atomic mass is 19.1. The number of anilines is 1. The lowest BCUT2D eigenvalue weighted by Crippen LogP contribution is -2.10. The first kappa shape index (κ1) is 14.0. The number of carbonyl (C=O) groups is 1. The van der Waals surface area contributed by atoms with E-state index in [1.807, 2.05) is 24.3 Å². The van der Waals surface area contributed by atoms with Crippen LogP contribution >= 0.6 is 0 Å². The lowest BCUT2D eigenvalue weighted by molar-refractivity contribution is -0.111. The first-order chi connectivity index (χ1) is 10.6. The van der Waals surface area contributed by atoms with E-state index in [9.17, 15) is 13.6 Å². The number of furan rings is 1. The Hall–Kier alpha value is -2.95. The largest absolute Gasteiger partial charge is 0.457 e. The van der Waals surface area contributed by atoms with Gasteiger partial charge in [0.05, 0.1) is 0 Å². The Balaban J connectivity index is 1.76. The lowest BCUT2D eigenvalue weighted by atomic mass is 10.2. The molecule has 0 saturated heterocycles. The fourth-order valence-electron chi connectivity index (χ4n) is 2.02. The number of hydrogen-bond donors (Lipinski definition) is 1. The molecular formula is C17H11F2NO2. The van der Waals surface area contributed by atoms with E-state index in [0.29, 0.717) is 11.3 Å². The maximum atomic E-state index is 13.4. The third-order valence-electron chi connectivity index (χ3n) is 3.05. The summed E-state index contributed by atoms with van der Waals surface area (Å²) in [6.45, 7) is 0. The minimum atomic E-state index is -0.828. The van der Waals surface area contributed by atoms with Gasteiger partial charge in [0, 0.05) is 11.5 Å². The molecule has 22 heavy (non-hydrogen) atoms. The number of fused-ring (bicyclic) bond motifs is 1. The molecule has 0 saturated carbocycles. The standard InChI is InChI=1S/C17H11F2NO2/c18-13-5-3-6-14(19)17(13)20-16(21)9-8-12-10-11-4-1-2-7-15(11)22-12/h1-10H,(H,20,21)/b9-8+. The zero-order valence-corrected chi connectivity index (χ0v) is 11.3. The van der Waals surface area contributed by atoms with E-state index in [1.54, 1.807) is 6.07 Å². The van der Waals surface area contributed by atoms with E-state index < -0.39 is 23.2 Å². The lowest BCUT2D eigenvalue weighted by Gasteiger charge is -2.04. The molecule has 1 N–H and O–H groups in total. The van der Waals surface area contributed by atoms with Gasteiger partial charge in [-0.05, 0) is 30.3 Å². The van der Waals surface area contributed by atoms with Crippen LogP contribution in [0.1, 0.15) is 5.76 Å². The van der Waals surface area contributed by atoms with Gasteiger partial charge in [0.25, 0.3) is 0 Å². The summed E-state index contributed by atoms with van der Waals surface area (Å²) in [5.74, 6) is -1.83. The van der Waals surface area contributed by atoms with E-state index in [2.05, 4.69) is 5.32 Å². The summed E-state index contributed by atoms with van der Waals surface area (Å²) in [6.07, 6.45) is 2.59. The molecule has 1 heterocycles. The first-order valence-corrected chi connectivity index (χ1v) is 6.55. The van der Waals surface area contributed by atoms with Crippen molar-refractivity contribution in [3.05, 3.63) is 72.0 Å². The highest BCUT2D eigenvalue weighted by molar-refractivity contribution is 6.02. The Morgan fingerprint density at radius 3 is 2.50 bits per heavy atom. The molecule has 0 atom stereocenters. The first-order valence-electron chi connectivity index (χ1n) is 6.55. The average molecular weight is 299 g/mol. The summed E-state index contributed by atoms with van der Waals surface area (Å²) >= 11 is 0. The second-order valence-electron chi connectivity index (χ2n) is 4.61. The molecule has 1 aromatic heterocycles. The van der Waals surface area contributed by atoms with Gasteiger partial charge in [-0.3, -0.25) is 4.79 Å². The van der Waals surface area contributed by atoms with Crippen LogP contribution in [0.5, 0.6) is 0 Å². The Kier molecular flexibility index (Phi) is 3.70. The summed E-state index contributed by atoms with van der Waals surface area (Å²) in [5.41, 5.74) is 0.226. The molecule has 3 rings (SSSR count). The van der Waals surface area contributed by atoms with Crippen molar-refractivity contribution in [3.8, 4) is 0 Å². The third kappa shape index (κ3) is 2.88. The van der Waals surface area contributed by atoms with Crippen LogP contribution in [0.3, 0.4) is 0 Å². The van der Waals surface area contributed by atoms with Crippen LogP contribution in [0.25, 0.3) is 17.0 Å². The number of hydrogen-bond acceptors (Lipinski definition) is 2. The molecule has 0 unspecified atom stereocenters. The average Bonchev–Trinajstić information content (AvgIpc) is 2.92. The minimum Gasteiger partial charge on any atom is -0.457 e. The van der Waals surface area contributed by atoms with Crippen molar-refractivity contribution in [2.24, 2.45) is 0 Å². The maximum Gasteiger partial charge on any atom is 0.248 e. The Morgan fingerprint density at radius 1 is 1.05 bits per heavy atom. The van der Waals surface area contributed by atoms with Crippen molar-refractivity contribution in [3.63, 3.8) is 0 Å². The molecule has 0 aliphatic heterocycles. The molecular weight excluding hydrogens is 288 g/mol. The van der Waals surface area contributed by atoms with Crippen LogP contribution in [-0.4, -0.2) is 5.91 Å². The van der Waals surface area contributed by atoms with Crippen molar-refractivity contribution in [2.45, 2.75) is 0 Å². The van der Waals surface area contributed by atoms with Gasteiger partial charge >= 0.3 is 0 Å². The molecule has 3 aromatic rings. The quantitative estimate of drug-likeness (QED) is 0.730. The predicted molar refractivity (Wildman–Crippen MR) is 80.2 cm³/mol. The second kappa shape index (κ2) is 5.81. The number of carbonyl (C=O) groups excluding carboxylic acids is 1. The van der Waals surface area contributed by atoms with Crippen molar-refractivity contribution in [2.75, 3.05) is 5.32 Å². The fraction of sp³-hybridized carbons (Fsp3) is 0. The number of benzene rings is 2. The predicted octanol–water partition coefficient (Wildman–Crippen LogP) is 4.36. The Morgan fingerprint density at radius 2 is 1.77 bits per heavy atom. The van der Waals surface area contributed by atoms with Crippen LogP contribution in [0.4, 0.5) is 14.5 Å². The van der Waals surface area contributed by atoms with Crippen LogP contribution in [0.2, 0.25) is 0 Å². The Labute approximate surface area is 124 Å². The number of nitrogens with one attached hydrogen (secondary N) is 1. The summed E-state index contributed by atoms with van der Waals surface area (Å²) in [6, 6.07) is 12.5. The molecule has 5 heteroatoms. The van der Waals surface area contributed by atoms with Gasteiger partial charge in [-0.1, -0.05) is 24.3 Å². The van der Waals surface area contributed by atoms with E-state index in [4.69, 9.17) is 4.42 Å². The van der Waals surface area contributed by atoms with E-state index in [1.165, 1.54) is 12.1 Å². The van der Waals surface area contributed by atoms with Gasteiger partial charge in [-0.25, -0.2) is 8.78 Å². The molecule has 2 aromatic carbocycles.